The van der Waals surface area contributed by atoms with E-state index in [0.717, 1.165) is 71.7 Å². The lowest BCUT2D eigenvalue weighted by molar-refractivity contribution is 0.669. The van der Waals surface area contributed by atoms with Crippen molar-refractivity contribution in [1.29, 1.82) is 5.26 Å². The van der Waals surface area contributed by atoms with Gasteiger partial charge in [-0.2, -0.15) is 5.26 Å². The predicted octanol–water partition coefficient (Wildman–Crippen LogP) is 11.1. The van der Waals surface area contributed by atoms with Crippen molar-refractivity contribution >= 4 is 32.7 Å². The number of fused-ring (bicyclic) bond motifs is 4. The van der Waals surface area contributed by atoms with Gasteiger partial charge in [0.1, 0.15) is 11.2 Å². The van der Waals surface area contributed by atoms with Crippen LogP contribution in [0.25, 0.3) is 89.1 Å². The Labute approximate surface area is 282 Å². The van der Waals surface area contributed by atoms with Gasteiger partial charge in [-0.25, -0.2) is 15.0 Å². The first kappa shape index (κ1) is 28.3. The first-order valence-electron chi connectivity index (χ1n) is 16.1. The zero-order valence-corrected chi connectivity index (χ0v) is 26.2. The summed E-state index contributed by atoms with van der Waals surface area (Å²) in [5.74, 6) is 1.73. The van der Waals surface area contributed by atoms with Crippen molar-refractivity contribution in [2.45, 2.75) is 0 Å². The van der Waals surface area contributed by atoms with Gasteiger partial charge in [0.2, 0.25) is 0 Å². The second-order valence-electron chi connectivity index (χ2n) is 12.0. The van der Waals surface area contributed by atoms with E-state index in [2.05, 4.69) is 72.8 Å². The van der Waals surface area contributed by atoms with Crippen LogP contribution in [0, 0.1) is 11.3 Å². The van der Waals surface area contributed by atoms with E-state index in [1.54, 1.807) is 0 Å². The summed E-state index contributed by atoms with van der Waals surface area (Å²) in [5.41, 5.74) is 9.13. The molecule has 49 heavy (non-hydrogen) atoms. The molecule has 9 aromatic rings. The van der Waals surface area contributed by atoms with E-state index in [0.29, 0.717) is 23.0 Å². The number of hydrogen-bond acceptors (Lipinski definition) is 5. The smallest absolute Gasteiger partial charge is 0.164 e. The van der Waals surface area contributed by atoms with Gasteiger partial charge in [0.25, 0.3) is 0 Å². The molecule has 0 radical (unpaired) electrons. The summed E-state index contributed by atoms with van der Waals surface area (Å²) in [4.78, 5) is 15.1. The van der Waals surface area contributed by atoms with E-state index in [1.807, 2.05) is 91.0 Å². The van der Waals surface area contributed by atoms with Crippen molar-refractivity contribution < 1.29 is 4.42 Å². The number of nitriles is 1. The van der Waals surface area contributed by atoms with Crippen LogP contribution >= 0.6 is 0 Å². The van der Waals surface area contributed by atoms with E-state index in [-0.39, 0.29) is 0 Å². The zero-order valence-electron chi connectivity index (χ0n) is 26.2. The highest BCUT2D eigenvalue weighted by atomic mass is 16.3. The maximum absolute atomic E-state index is 9.38. The Balaban J connectivity index is 1.20. The second-order valence-corrected chi connectivity index (χ2v) is 12.0. The van der Waals surface area contributed by atoms with Gasteiger partial charge >= 0.3 is 0 Å². The van der Waals surface area contributed by atoms with Gasteiger partial charge in [0.05, 0.1) is 11.6 Å². The predicted molar refractivity (Wildman–Crippen MR) is 197 cm³/mol. The Hall–Kier alpha value is -6.90. The Morgan fingerprint density at radius 2 is 1.08 bits per heavy atom. The third-order valence-corrected chi connectivity index (χ3v) is 8.97. The van der Waals surface area contributed by atoms with E-state index in [1.165, 1.54) is 0 Å². The average molecular weight is 627 g/mol. The average Bonchev–Trinajstić information content (AvgIpc) is 3.56. The van der Waals surface area contributed by atoms with Crippen molar-refractivity contribution in [2.75, 3.05) is 0 Å². The lowest BCUT2D eigenvalue weighted by Gasteiger charge is -2.11. The van der Waals surface area contributed by atoms with Crippen LogP contribution in [0.2, 0.25) is 0 Å². The first-order valence-corrected chi connectivity index (χ1v) is 16.1. The molecule has 0 bridgehead atoms. The SMILES string of the molecule is N#Cc1cccc(-c2ccc(-c3nc(-c4ccc5c(c4)oc4cccc(-c6ccccc6)c45)nc(-c4cccc5ccccc45)n3)cc2)c1. The molecular formula is C44H26N4O. The van der Waals surface area contributed by atoms with Crippen molar-refractivity contribution in [3.63, 3.8) is 0 Å². The van der Waals surface area contributed by atoms with E-state index < -0.39 is 0 Å². The molecule has 5 nitrogen and oxygen atoms in total. The monoisotopic (exact) mass is 626 g/mol. The van der Waals surface area contributed by atoms with Gasteiger partial charge in [-0.3, -0.25) is 0 Å². The van der Waals surface area contributed by atoms with Crippen molar-refractivity contribution in [1.82, 2.24) is 15.0 Å². The Morgan fingerprint density at radius 1 is 0.429 bits per heavy atom. The summed E-state index contributed by atoms with van der Waals surface area (Å²) in [7, 11) is 0. The lowest BCUT2D eigenvalue weighted by Crippen LogP contribution is -2.00. The normalized spacial score (nSPS) is 11.2. The maximum atomic E-state index is 9.38. The molecule has 5 heteroatoms. The Morgan fingerprint density at radius 3 is 1.94 bits per heavy atom. The molecule has 0 aliphatic heterocycles. The van der Waals surface area contributed by atoms with Crippen LogP contribution in [-0.2, 0) is 0 Å². The highest BCUT2D eigenvalue weighted by Gasteiger charge is 2.17. The number of nitrogens with zero attached hydrogens (tertiary/aromatic N) is 4. The van der Waals surface area contributed by atoms with Crippen LogP contribution in [0.5, 0.6) is 0 Å². The van der Waals surface area contributed by atoms with Gasteiger partial charge < -0.3 is 4.42 Å². The third kappa shape index (κ3) is 5.09. The first-order chi connectivity index (χ1) is 24.2. The molecule has 0 aliphatic rings. The number of rotatable bonds is 5. The van der Waals surface area contributed by atoms with Gasteiger partial charge in [0.15, 0.2) is 17.5 Å². The molecule has 7 aromatic carbocycles. The third-order valence-electron chi connectivity index (χ3n) is 8.97. The molecule has 0 aliphatic carbocycles. The quantitative estimate of drug-likeness (QED) is 0.190. The second kappa shape index (κ2) is 11.7. The van der Waals surface area contributed by atoms with Gasteiger partial charge in [-0.15, -0.1) is 0 Å². The summed E-state index contributed by atoms with van der Waals surface area (Å²) in [6, 6.07) is 55.2. The molecule has 2 heterocycles. The minimum Gasteiger partial charge on any atom is -0.456 e. The van der Waals surface area contributed by atoms with E-state index >= 15 is 0 Å². The standard InChI is InChI=1S/C44H26N4O/c45-27-28-9-6-14-33(25-28)29-19-21-32(22-20-29)42-46-43(48-44(47-42)37-17-7-13-30-12-4-5-15-35(30)37)34-23-24-38-40(26-34)49-39-18-8-16-36(41(38)39)31-10-2-1-3-11-31/h1-26H. The Kier molecular flexibility index (Phi) is 6.78. The van der Waals surface area contributed by atoms with Crippen molar-refractivity contribution in [2.24, 2.45) is 0 Å². The number of hydrogen-bond donors (Lipinski definition) is 0. The zero-order chi connectivity index (χ0) is 32.7. The van der Waals surface area contributed by atoms with Gasteiger partial charge in [-0.1, -0.05) is 127 Å². The molecule has 9 rings (SSSR count). The highest BCUT2D eigenvalue weighted by Crippen LogP contribution is 2.38. The minimum absolute atomic E-state index is 0.560. The van der Waals surface area contributed by atoms with Crippen molar-refractivity contribution in [3.05, 3.63) is 163 Å². The number of benzene rings is 7. The summed E-state index contributed by atoms with van der Waals surface area (Å²) in [5, 5.41) is 13.7. The maximum Gasteiger partial charge on any atom is 0.164 e. The molecule has 0 atom stereocenters. The molecule has 0 spiro atoms. The summed E-state index contributed by atoms with van der Waals surface area (Å²) in [6.07, 6.45) is 0. The van der Waals surface area contributed by atoms with Crippen LogP contribution in [0.4, 0.5) is 0 Å². The van der Waals surface area contributed by atoms with Crippen LogP contribution in [0.15, 0.2) is 162 Å². The minimum atomic E-state index is 0.560. The van der Waals surface area contributed by atoms with Crippen LogP contribution in [0.3, 0.4) is 0 Å². The van der Waals surface area contributed by atoms with Crippen LogP contribution < -0.4 is 0 Å². The molecule has 0 saturated heterocycles. The molecule has 0 N–H and O–H groups in total. The number of furan rings is 1. The van der Waals surface area contributed by atoms with Crippen LogP contribution in [0.1, 0.15) is 5.56 Å². The van der Waals surface area contributed by atoms with Gasteiger partial charge in [0, 0.05) is 27.5 Å². The molecule has 0 saturated carbocycles. The molecule has 0 unspecified atom stereocenters. The van der Waals surface area contributed by atoms with Crippen LogP contribution in [-0.4, -0.2) is 15.0 Å². The fraction of sp³-hybridized carbons (Fsp3) is 0. The summed E-state index contributed by atoms with van der Waals surface area (Å²) < 4.78 is 6.44. The molecule has 0 fully saturated rings. The summed E-state index contributed by atoms with van der Waals surface area (Å²) >= 11 is 0. The fourth-order valence-corrected chi connectivity index (χ4v) is 6.58. The Bertz CT molecular complexity index is 2720. The molecule has 2 aromatic heterocycles. The summed E-state index contributed by atoms with van der Waals surface area (Å²) in [6.45, 7) is 0. The molecular weight excluding hydrogens is 601 g/mol. The lowest BCUT2D eigenvalue weighted by atomic mass is 9.99. The fourth-order valence-electron chi connectivity index (χ4n) is 6.58. The largest absolute Gasteiger partial charge is 0.456 e. The number of aromatic nitrogens is 3. The molecule has 0 amide bonds. The highest BCUT2D eigenvalue weighted by molar-refractivity contribution is 6.13. The topological polar surface area (TPSA) is 75.6 Å². The van der Waals surface area contributed by atoms with E-state index in [4.69, 9.17) is 19.4 Å². The van der Waals surface area contributed by atoms with E-state index in [9.17, 15) is 5.26 Å². The van der Waals surface area contributed by atoms with Gasteiger partial charge in [-0.05, 0) is 63.4 Å². The molecule has 228 valence electrons. The van der Waals surface area contributed by atoms with Crippen molar-refractivity contribution in [3.8, 4) is 62.5 Å².